The van der Waals surface area contributed by atoms with Gasteiger partial charge in [0, 0.05) is 11.9 Å². The number of rotatable bonds is 4. The Balaban J connectivity index is 1.77. The Morgan fingerprint density at radius 3 is 2.78 bits per heavy atom. The molecule has 18 heavy (non-hydrogen) atoms. The average Bonchev–Trinajstić information content (AvgIpc) is 3.17. The molecular weight excluding hydrogens is 228 g/mol. The Labute approximate surface area is 105 Å². The second-order valence-electron chi connectivity index (χ2n) is 4.83. The van der Waals surface area contributed by atoms with E-state index in [0.29, 0.717) is 6.54 Å². The molecule has 1 aliphatic carbocycles. The van der Waals surface area contributed by atoms with Crippen LogP contribution in [0.4, 0.5) is 5.82 Å². The van der Waals surface area contributed by atoms with E-state index in [0.717, 1.165) is 29.6 Å². The summed E-state index contributed by atoms with van der Waals surface area (Å²) in [5.41, 5.74) is 0.357. The van der Waals surface area contributed by atoms with Crippen LogP contribution in [0.2, 0.25) is 0 Å². The van der Waals surface area contributed by atoms with Crippen molar-refractivity contribution in [2.75, 3.05) is 11.9 Å². The number of fused-ring (bicyclic) bond motifs is 1. The van der Waals surface area contributed by atoms with Gasteiger partial charge in [-0.3, -0.25) is 4.79 Å². The number of carboxylic acids is 1. The van der Waals surface area contributed by atoms with Crippen molar-refractivity contribution in [1.29, 1.82) is 0 Å². The van der Waals surface area contributed by atoms with Gasteiger partial charge < -0.3 is 10.4 Å². The van der Waals surface area contributed by atoms with Crippen LogP contribution in [-0.2, 0) is 4.79 Å². The number of pyridine rings is 1. The minimum atomic E-state index is -0.712. The zero-order chi connectivity index (χ0) is 12.6. The standard InChI is InChI=1S/C14H14N2O2/c17-13(18)14(7-8-14)9-15-12-6-5-10-3-1-2-4-11(10)16-12/h1-6H,7-9H2,(H,15,16)(H,17,18). The third kappa shape index (κ3) is 1.90. The summed E-state index contributed by atoms with van der Waals surface area (Å²) in [4.78, 5) is 15.5. The SMILES string of the molecule is O=C(O)C1(CNc2ccc3ccccc3n2)CC1. The number of nitrogens with one attached hydrogen (secondary N) is 1. The van der Waals surface area contributed by atoms with E-state index in [1.54, 1.807) is 0 Å². The van der Waals surface area contributed by atoms with Gasteiger partial charge in [-0.15, -0.1) is 0 Å². The van der Waals surface area contributed by atoms with E-state index in [4.69, 9.17) is 5.11 Å². The second-order valence-corrected chi connectivity index (χ2v) is 4.83. The fourth-order valence-electron chi connectivity index (χ4n) is 2.04. The summed E-state index contributed by atoms with van der Waals surface area (Å²) < 4.78 is 0. The Kier molecular flexibility index (Phi) is 2.44. The van der Waals surface area contributed by atoms with Crippen molar-refractivity contribution in [3.05, 3.63) is 36.4 Å². The maximum atomic E-state index is 11.1. The van der Waals surface area contributed by atoms with Gasteiger partial charge in [0.05, 0.1) is 10.9 Å². The monoisotopic (exact) mass is 242 g/mol. The van der Waals surface area contributed by atoms with Crippen LogP contribution in [0, 0.1) is 5.41 Å². The number of aliphatic carboxylic acids is 1. The fourth-order valence-corrected chi connectivity index (χ4v) is 2.04. The minimum absolute atomic E-state index is 0.452. The predicted molar refractivity (Wildman–Crippen MR) is 69.5 cm³/mol. The molecule has 1 fully saturated rings. The number of aromatic nitrogens is 1. The fraction of sp³-hybridized carbons (Fsp3) is 0.286. The van der Waals surface area contributed by atoms with Crippen LogP contribution >= 0.6 is 0 Å². The largest absolute Gasteiger partial charge is 0.481 e. The van der Waals surface area contributed by atoms with E-state index in [1.165, 1.54) is 0 Å². The minimum Gasteiger partial charge on any atom is -0.481 e. The third-order valence-electron chi connectivity index (χ3n) is 3.51. The molecule has 0 atom stereocenters. The third-order valence-corrected chi connectivity index (χ3v) is 3.51. The van der Waals surface area contributed by atoms with Gasteiger partial charge in [-0.1, -0.05) is 18.2 Å². The van der Waals surface area contributed by atoms with E-state index in [9.17, 15) is 4.79 Å². The molecule has 0 aliphatic heterocycles. The highest BCUT2D eigenvalue weighted by Crippen LogP contribution is 2.45. The van der Waals surface area contributed by atoms with E-state index in [2.05, 4.69) is 10.3 Å². The summed E-state index contributed by atoms with van der Waals surface area (Å²) in [6.07, 6.45) is 1.51. The molecule has 0 amide bonds. The van der Waals surface area contributed by atoms with E-state index < -0.39 is 11.4 Å². The maximum Gasteiger partial charge on any atom is 0.311 e. The average molecular weight is 242 g/mol. The molecule has 0 spiro atoms. The van der Waals surface area contributed by atoms with Crippen LogP contribution in [-0.4, -0.2) is 22.6 Å². The first-order valence-corrected chi connectivity index (χ1v) is 6.03. The van der Waals surface area contributed by atoms with Crippen LogP contribution in [0.25, 0.3) is 10.9 Å². The lowest BCUT2D eigenvalue weighted by Crippen LogP contribution is -2.24. The normalized spacial score (nSPS) is 16.4. The number of nitrogens with zero attached hydrogens (tertiary/aromatic N) is 1. The van der Waals surface area contributed by atoms with Gasteiger partial charge in [0.15, 0.2) is 0 Å². The van der Waals surface area contributed by atoms with Gasteiger partial charge in [0.1, 0.15) is 5.82 Å². The predicted octanol–water partition coefficient (Wildman–Crippen LogP) is 2.51. The molecule has 92 valence electrons. The Bertz CT molecular complexity index is 606. The zero-order valence-corrected chi connectivity index (χ0v) is 9.89. The molecule has 4 heteroatoms. The first-order chi connectivity index (χ1) is 8.70. The molecule has 0 radical (unpaired) electrons. The van der Waals surface area contributed by atoms with E-state index in [-0.39, 0.29) is 0 Å². The molecule has 1 aromatic carbocycles. The molecule has 4 nitrogen and oxygen atoms in total. The molecule has 1 heterocycles. The number of carbonyl (C=O) groups is 1. The highest BCUT2D eigenvalue weighted by molar-refractivity contribution is 5.81. The first-order valence-electron chi connectivity index (χ1n) is 6.03. The van der Waals surface area contributed by atoms with E-state index in [1.807, 2.05) is 36.4 Å². The summed E-state index contributed by atoms with van der Waals surface area (Å²) in [5, 5.41) is 13.3. The van der Waals surface area contributed by atoms with Crippen molar-refractivity contribution >= 4 is 22.7 Å². The molecule has 1 aromatic heterocycles. The lowest BCUT2D eigenvalue weighted by Gasteiger charge is -2.11. The summed E-state index contributed by atoms with van der Waals surface area (Å²) >= 11 is 0. The summed E-state index contributed by atoms with van der Waals surface area (Å²) in [5.74, 6) is 0.0250. The number of carboxylic acid groups (broad SMARTS) is 1. The highest BCUT2D eigenvalue weighted by atomic mass is 16.4. The summed E-state index contributed by atoms with van der Waals surface area (Å²) in [7, 11) is 0. The molecule has 1 saturated carbocycles. The van der Waals surface area contributed by atoms with Crippen LogP contribution < -0.4 is 5.32 Å². The van der Waals surface area contributed by atoms with Crippen LogP contribution in [0.15, 0.2) is 36.4 Å². The molecule has 2 aromatic rings. The maximum absolute atomic E-state index is 11.1. The van der Waals surface area contributed by atoms with Crippen molar-refractivity contribution in [3.63, 3.8) is 0 Å². The topological polar surface area (TPSA) is 62.2 Å². The van der Waals surface area contributed by atoms with Crippen LogP contribution in [0.1, 0.15) is 12.8 Å². The van der Waals surface area contributed by atoms with Gasteiger partial charge in [-0.05, 0) is 31.0 Å². The Morgan fingerprint density at radius 1 is 1.28 bits per heavy atom. The van der Waals surface area contributed by atoms with Gasteiger partial charge in [-0.2, -0.15) is 0 Å². The summed E-state index contributed by atoms with van der Waals surface area (Å²) in [6.45, 7) is 0.452. The van der Waals surface area contributed by atoms with Crippen molar-refractivity contribution in [2.45, 2.75) is 12.8 Å². The quantitative estimate of drug-likeness (QED) is 0.864. The molecule has 0 saturated heterocycles. The number of hydrogen-bond donors (Lipinski definition) is 2. The molecule has 2 N–H and O–H groups in total. The number of anilines is 1. The van der Waals surface area contributed by atoms with E-state index >= 15 is 0 Å². The van der Waals surface area contributed by atoms with Crippen LogP contribution in [0.5, 0.6) is 0 Å². The summed E-state index contributed by atoms with van der Waals surface area (Å²) in [6, 6.07) is 11.8. The van der Waals surface area contributed by atoms with Gasteiger partial charge in [-0.25, -0.2) is 4.98 Å². The Morgan fingerprint density at radius 2 is 2.06 bits per heavy atom. The molecule has 0 unspecified atom stereocenters. The van der Waals surface area contributed by atoms with Crippen LogP contribution in [0.3, 0.4) is 0 Å². The molecular formula is C14H14N2O2. The van der Waals surface area contributed by atoms with Crippen molar-refractivity contribution in [1.82, 2.24) is 4.98 Å². The first kappa shape index (κ1) is 11.0. The van der Waals surface area contributed by atoms with Gasteiger partial charge >= 0.3 is 5.97 Å². The molecule has 1 aliphatic rings. The lowest BCUT2D eigenvalue weighted by molar-refractivity contribution is -0.142. The highest BCUT2D eigenvalue weighted by Gasteiger charge is 2.50. The second kappa shape index (κ2) is 3.98. The Hall–Kier alpha value is -2.10. The number of para-hydroxylation sites is 1. The van der Waals surface area contributed by atoms with Crippen molar-refractivity contribution in [2.24, 2.45) is 5.41 Å². The molecule has 3 rings (SSSR count). The number of hydrogen-bond acceptors (Lipinski definition) is 3. The van der Waals surface area contributed by atoms with Crippen molar-refractivity contribution in [3.8, 4) is 0 Å². The smallest absolute Gasteiger partial charge is 0.311 e. The lowest BCUT2D eigenvalue weighted by atomic mass is 10.1. The van der Waals surface area contributed by atoms with Gasteiger partial charge in [0.2, 0.25) is 0 Å². The molecule has 0 bridgehead atoms. The number of benzene rings is 1. The zero-order valence-electron chi connectivity index (χ0n) is 9.89. The van der Waals surface area contributed by atoms with Gasteiger partial charge in [0.25, 0.3) is 0 Å². The van der Waals surface area contributed by atoms with Crippen molar-refractivity contribution < 1.29 is 9.90 Å².